The van der Waals surface area contributed by atoms with Crippen LogP contribution in [0.1, 0.15) is 87.0 Å². The summed E-state index contributed by atoms with van der Waals surface area (Å²) in [4.78, 5) is 13.1. The molecule has 6 nitrogen and oxygen atoms in total. The number of carboxylic acids is 1. The van der Waals surface area contributed by atoms with E-state index >= 15 is 0 Å². The number of nitrogens with one attached hydrogen (secondary N) is 1. The van der Waals surface area contributed by atoms with Crippen molar-refractivity contribution in [3.63, 3.8) is 0 Å². The van der Waals surface area contributed by atoms with Gasteiger partial charge >= 0.3 is 5.97 Å². The minimum Gasteiger partial charge on any atom is -0.481 e. The van der Waals surface area contributed by atoms with Gasteiger partial charge in [0.1, 0.15) is 0 Å². The highest BCUT2D eigenvalue weighted by Crippen LogP contribution is 2.74. The largest absolute Gasteiger partial charge is 0.481 e. The molecule has 0 amide bonds. The van der Waals surface area contributed by atoms with Crippen LogP contribution in [0.2, 0.25) is 0 Å². The van der Waals surface area contributed by atoms with Gasteiger partial charge in [0.15, 0.2) is 0 Å². The minimum absolute atomic E-state index is 0.0244. The van der Waals surface area contributed by atoms with Crippen LogP contribution in [-0.4, -0.2) is 41.5 Å². The molecule has 204 valence electrons. The second kappa shape index (κ2) is 8.27. The molecule has 5 rings (SSSR count). The number of nitrogens with two attached hydrogens (primary N) is 1. The highest BCUT2D eigenvalue weighted by atomic mass is 16.5. The number of allylic oxidation sites excluding steroid dienone is 1. The number of aliphatic carboxylic acids is 1. The molecule has 4 fully saturated rings. The third-order valence-corrected chi connectivity index (χ3v) is 13.3. The quantitative estimate of drug-likeness (QED) is 0.251. The van der Waals surface area contributed by atoms with E-state index in [1.54, 1.807) is 0 Å². The smallest absolute Gasteiger partial charge is 0.307 e. The molecule has 3 saturated carbocycles. The van der Waals surface area contributed by atoms with Gasteiger partial charge in [-0.05, 0) is 83.9 Å². The number of aliphatic hydroxyl groups is 1. The summed E-state index contributed by atoms with van der Waals surface area (Å²) >= 11 is 0. The van der Waals surface area contributed by atoms with Gasteiger partial charge in [0.05, 0.1) is 25.2 Å². The van der Waals surface area contributed by atoms with Gasteiger partial charge in [0.25, 0.3) is 0 Å². The van der Waals surface area contributed by atoms with Crippen molar-refractivity contribution < 1.29 is 19.7 Å². The van der Waals surface area contributed by atoms with E-state index in [1.807, 2.05) is 0 Å². The Labute approximate surface area is 217 Å². The molecule has 0 spiro atoms. The van der Waals surface area contributed by atoms with Gasteiger partial charge in [-0.2, -0.15) is 0 Å². The van der Waals surface area contributed by atoms with Gasteiger partial charge in [0, 0.05) is 11.5 Å². The van der Waals surface area contributed by atoms with Crippen molar-refractivity contribution in [2.24, 2.45) is 62.5 Å². The van der Waals surface area contributed by atoms with E-state index in [0.717, 1.165) is 38.5 Å². The van der Waals surface area contributed by atoms with Crippen molar-refractivity contribution in [1.29, 1.82) is 0 Å². The zero-order valence-electron chi connectivity index (χ0n) is 23.6. The van der Waals surface area contributed by atoms with Gasteiger partial charge in [0.2, 0.25) is 0 Å². The molecule has 0 aromatic carbocycles. The molecule has 0 aromatic heterocycles. The summed E-state index contributed by atoms with van der Waals surface area (Å²) in [7, 11) is 0. The summed E-state index contributed by atoms with van der Waals surface area (Å²) in [5.41, 5.74) is 3.08. The topological polar surface area (TPSA) is 105 Å². The minimum atomic E-state index is -0.638. The van der Waals surface area contributed by atoms with Crippen LogP contribution >= 0.6 is 0 Å². The van der Waals surface area contributed by atoms with Crippen LogP contribution in [0.5, 0.6) is 0 Å². The van der Waals surface area contributed by atoms with Crippen molar-refractivity contribution in [3.8, 4) is 0 Å². The number of fused-ring (bicyclic) bond motifs is 3. The van der Waals surface area contributed by atoms with Gasteiger partial charge in [-0.3, -0.25) is 16.1 Å². The molecule has 0 aromatic rings. The molecule has 6 heteroatoms. The number of rotatable bonds is 4. The van der Waals surface area contributed by atoms with Crippen molar-refractivity contribution in [1.82, 2.24) is 5.43 Å². The summed E-state index contributed by atoms with van der Waals surface area (Å²) < 4.78 is 6.29. The second-order valence-corrected chi connectivity index (χ2v) is 14.8. The van der Waals surface area contributed by atoms with E-state index in [0.29, 0.717) is 31.0 Å². The molecule has 4 aliphatic carbocycles. The van der Waals surface area contributed by atoms with E-state index in [4.69, 9.17) is 10.6 Å². The van der Waals surface area contributed by atoms with Crippen LogP contribution in [0.15, 0.2) is 11.6 Å². The third-order valence-electron chi connectivity index (χ3n) is 13.3. The molecule has 11 atom stereocenters. The number of carbonyl (C=O) groups is 1. The Morgan fingerprint density at radius 2 is 1.81 bits per heavy atom. The first kappa shape index (κ1) is 26.6. The summed E-state index contributed by atoms with van der Waals surface area (Å²) in [6, 6.07) is -0.163. The fourth-order valence-corrected chi connectivity index (χ4v) is 10.8. The molecule has 5 N–H and O–H groups in total. The Morgan fingerprint density at radius 1 is 1.11 bits per heavy atom. The molecule has 1 heterocycles. The highest BCUT2D eigenvalue weighted by Gasteiger charge is 2.72. The van der Waals surface area contributed by atoms with E-state index in [9.17, 15) is 15.0 Å². The predicted molar refractivity (Wildman–Crippen MR) is 141 cm³/mol. The number of hydrogen-bond acceptors (Lipinski definition) is 5. The molecule has 0 radical (unpaired) electrons. The average Bonchev–Trinajstić information content (AvgIpc) is 2.81. The Kier molecular flexibility index (Phi) is 6.12. The van der Waals surface area contributed by atoms with E-state index in [-0.39, 0.29) is 33.6 Å². The third kappa shape index (κ3) is 3.08. The summed E-state index contributed by atoms with van der Waals surface area (Å²) in [6.45, 7) is 17.2. The SMILES string of the molecule is CC(C)[C@@H](C)[C@@]1(C)CC[C@]2(C)[C@H]3CC[C@@H]4[C@@]5(C)COC[C@@]4(C3=CC[C@@]2(C)[C@@H]1C(=O)O)[C@@H](O)[C@H](NN)C5. The van der Waals surface area contributed by atoms with E-state index in [2.05, 4.69) is 60.0 Å². The Morgan fingerprint density at radius 3 is 2.42 bits per heavy atom. The van der Waals surface area contributed by atoms with Crippen molar-refractivity contribution in [3.05, 3.63) is 11.6 Å². The maximum atomic E-state index is 13.1. The summed E-state index contributed by atoms with van der Waals surface area (Å²) in [5, 5.41) is 22.7. The molecular weight excluding hydrogens is 452 g/mol. The fourth-order valence-electron chi connectivity index (χ4n) is 10.8. The molecule has 2 bridgehead atoms. The fraction of sp³-hybridized carbons (Fsp3) is 0.900. The first-order valence-electron chi connectivity index (χ1n) is 14.4. The number of ether oxygens (including phenoxy) is 1. The zero-order valence-corrected chi connectivity index (χ0v) is 23.6. The lowest BCUT2D eigenvalue weighted by molar-refractivity contribution is -0.237. The maximum absolute atomic E-state index is 13.1. The van der Waals surface area contributed by atoms with Gasteiger partial charge < -0.3 is 14.9 Å². The lowest BCUT2D eigenvalue weighted by Gasteiger charge is -2.71. The van der Waals surface area contributed by atoms with Crippen LogP contribution in [0.3, 0.4) is 0 Å². The first-order chi connectivity index (χ1) is 16.7. The normalized spacial score (nSPS) is 53.1. The Balaban J connectivity index is 1.64. The van der Waals surface area contributed by atoms with Gasteiger partial charge in [-0.1, -0.05) is 60.1 Å². The van der Waals surface area contributed by atoms with Crippen LogP contribution < -0.4 is 11.3 Å². The van der Waals surface area contributed by atoms with E-state index < -0.39 is 23.4 Å². The van der Waals surface area contributed by atoms with Crippen LogP contribution in [0, 0.1) is 56.7 Å². The highest BCUT2D eigenvalue weighted by molar-refractivity contribution is 5.73. The first-order valence-corrected chi connectivity index (χ1v) is 14.4. The molecule has 1 aliphatic heterocycles. The summed E-state index contributed by atoms with van der Waals surface area (Å²) in [5.74, 6) is 6.32. The zero-order chi connectivity index (χ0) is 26.5. The molecular formula is C30H50N2O4. The van der Waals surface area contributed by atoms with Crippen molar-refractivity contribution in [2.75, 3.05) is 13.2 Å². The van der Waals surface area contributed by atoms with Crippen LogP contribution in [0.4, 0.5) is 0 Å². The lowest BCUT2D eigenvalue weighted by Crippen LogP contribution is -2.72. The number of aliphatic hydroxyl groups excluding tert-OH is 1. The standard InChI is InChI=1S/C30H50N2O4/c1-17(2)18(3)27(5)12-13-28(6)19-8-9-22-26(4)14-21(32-31)24(33)30(22,16-36-15-26)20(19)10-11-29(28,7)23(27)25(34)35/h10,17-19,21-24,32-33H,8-9,11-16,31H2,1-7H3,(H,34,35)/t18-,19+,21-,22-,23-,24+,26-,27-,28-,29+,30+/m1/s1. The predicted octanol–water partition coefficient (Wildman–Crippen LogP) is 4.77. The lowest BCUT2D eigenvalue weighted by atomic mass is 9.34. The van der Waals surface area contributed by atoms with Crippen molar-refractivity contribution in [2.45, 2.75) is 99.1 Å². The maximum Gasteiger partial charge on any atom is 0.307 e. The number of carboxylic acid groups (broad SMARTS) is 1. The van der Waals surface area contributed by atoms with Gasteiger partial charge in [-0.25, -0.2) is 0 Å². The number of hydrogen-bond donors (Lipinski definition) is 4. The average molecular weight is 503 g/mol. The van der Waals surface area contributed by atoms with Crippen molar-refractivity contribution >= 4 is 5.97 Å². The summed E-state index contributed by atoms with van der Waals surface area (Å²) in [6.07, 6.45) is 7.40. The monoisotopic (exact) mass is 502 g/mol. The molecule has 1 saturated heterocycles. The Hall–Kier alpha value is -0.950. The van der Waals surface area contributed by atoms with Crippen LogP contribution in [-0.2, 0) is 9.53 Å². The van der Waals surface area contributed by atoms with Crippen LogP contribution in [0.25, 0.3) is 0 Å². The second-order valence-electron chi connectivity index (χ2n) is 14.8. The number of hydrazine groups is 1. The van der Waals surface area contributed by atoms with Gasteiger partial charge in [-0.15, -0.1) is 0 Å². The Bertz CT molecular complexity index is 951. The molecule has 5 aliphatic rings. The van der Waals surface area contributed by atoms with E-state index in [1.165, 1.54) is 5.57 Å². The molecule has 36 heavy (non-hydrogen) atoms. The molecule has 0 unspecified atom stereocenters.